The highest BCUT2D eigenvalue weighted by atomic mass is 16.2. The fraction of sp³-hybridized carbons (Fsp3) is 0.154. The number of hydrogen-bond acceptors (Lipinski definition) is 6. The number of nitrogens with one attached hydrogen (secondary N) is 3. The van der Waals surface area contributed by atoms with Gasteiger partial charge in [-0.25, -0.2) is 14.8 Å². The topological polar surface area (TPSA) is 128 Å². The summed E-state index contributed by atoms with van der Waals surface area (Å²) >= 11 is 0. The van der Waals surface area contributed by atoms with E-state index in [1.807, 2.05) is 48.8 Å². The minimum atomic E-state index is -0.183. The first-order chi connectivity index (χ1) is 17.6. The van der Waals surface area contributed by atoms with E-state index >= 15 is 0 Å². The fourth-order valence-electron chi connectivity index (χ4n) is 4.29. The lowest BCUT2D eigenvalue weighted by Gasteiger charge is -2.20. The maximum atomic E-state index is 12.1. The monoisotopic (exact) mass is 477 g/mol. The van der Waals surface area contributed by atoms with Crippen LogP contribution in [0.15, 0.2) is 71.7 Å². The van der Waals surface area contributed by atoms with Crippen molar-refractivity contribution in [1.29, 1.82) is 0 Å². The average Bonchev–Trinajstić information content (AvgIpc) is 3.53. The molecule has 0 spiro atoms. The number of allylic oxidation sites excluding steroid dienone is 1. The van der Waals surface area contributed by atoms with Crippen LogP contribution in [0.1, 0.15) is 17.9 Å². The predicted octanol–water partition coefficient (Wildman–Crippen LogP) is 4.23. The molecule has 0 fully saturated rings. The predicted molar refractivity (Wildman–Crippen MR) is 138 cm³/mol. The van der Waals surface area contributed by atoms with E-state index < -0.39 is 0 Å². The number of urea groups is 1. The third-order valence-electron chi connectivity index (χ3n) is 6.15. The van der Waals surface area contributed by atoms with E-state index in [0.717, 1.165) is 38.9 Å². The number of pyridine rings is 2. The number of H-pyrrole nitrogens is 2. The molecule has 4 aromatic heterocycles. The Morgan fingerprint density at radius 1 is 1.14 bits per heavy atom. The zero-order valence-electron chi connectivity index (χ0n) is 19.7. The summed E-state index contributed by atoms with van der Waals surface area (Å²) in [6.45, 7) is 0. The highest BCUT2D eigenvalue weighted by Gasteiger charge is 2.21. The molecule has 5 aromatic rings. The molecule has 5 heterocycles. The van der Waals surface area contributed by atoms with Crippen LogP contribution in [0, 0.1) is 0 Å². The number of rotatable bonds is 4. The molecule has 3 N–H and O–H groups in total. The summed E-state index contributed by atoms with van der Waals surface area (Å²) < 4.78 is 0. The molecule has 10 nitrogen and oxygen atoms in total. The van der Waals surface area contributed by atoms with Gasteiger partial charge in [-0.05, 0) is 29.8 Å². The Bertz CT molecular complexity index is 1650. The van der Waals surface area contributed by atoms with Crippen molar-refractivity contribution in [1.82, 2.24) is 40.3 Å². The van der Waals surface area contributed by atoms with E-state index in [9.17, 15) is 4.79 Å². The average molecular weight is 478 g/mol. The van der Waals surface area contributed by atoms with Gasteiger partial charge in [0.1, 0.15) is 5.69 Å². The van der Waals surface area contributed by atoms with Crippen LogP contribution in [-0.2, 0) is 0 Å². The van der Waals surface area contributed by atoms with Crippen LogP contribution >= 0.6 is 0 Å². The molecule has 178 valence electrons. The van der Waals surface area contributed by atoms with Gasteiger partial charge in [-0.1, -0.05) is 18.2 Å². The summed E-state index contributed by atoms with van der Waals surface area (Å²) in [4.78, 5) is 35.3. The third-order valence-corrected chi connectivity index (χ3v) is 6.15. The quantitative estimate of drug-likeness (QED) is 0.357. The highest BCUT2D eigenvalue weighted by Crippen LogP contribution is 2.32. The second-order valence-corrected chi connectivity index (χ2v) is 8.83. The molecule has 1 aromatic carbocycles. The van der Waals surface area contributed by atoms with E-state index in [4.69, 9.17) is 4.98 Å². The lowest BCUT2D eigenvalue weighted by Crippen LogP contribution is -2.34. The first-order valence-electron chi connectivity index (χ1n) is 11.5. The van der Waals surface area contributed by atoms with Crippen molar-refractivity contribution >= 4 is 34.3 Å². The number of carbonyl (C=O) groups is 1. The molecule has 0 saturated carbocycles. The van der Waals surface area contributed by atoms with Crippen LogP contribution in [0.4, 0.5) is 4.79 Å². The molecule has 1 aliphatic heterocycles. The Hall–Kier alpha value is -4.86. The summed E-state index contributed by atoms with van der Waals surface area (Å²) in [5.41, 5.74) is 6.63. The molecule has 2 amide bonds. The number of aromatic nitrogens is 6. The molecule has 10 heteroatoms. The van der Waals surface area contributed by atoms with Crippen molar-refractivity contribution in [3.8, 4) is 22.8 Å². The van der Waals surface area contributed by atoms with Crippen molar-refractivity contribution in [2.45, 2.75) is 12.3 Å². The van der Waals surface area contributed by atoms with Gasteiger partial charge < -0.3 is 15.2 Å². The van der Waals surface area contributed by atoms with Gasteiger partial charge in [0.15, 0.2) is 11.5 Å². The zero-order valence-corrected chi connectivity index (χ0v) is 19.7. The first kappa shape index (κ1) is 21.7. The smallest absolute Gasteiger partial charge is 0.321 e. The molecule has 0 bridgehead atoms. The van der Waals surface area contributed by atoms with Gasteiger partial charge >= 0.3 is 6.03 Å². The first-order valence-corrected chi connectivity index (χ1v) is 11.5. The number of benzene rings is 1. The van der Waals surface area contributed by atoms with Crippen LogP contribution in [0.3, 0.4) is 0 Å². The van der Waals surface area contributed by atoms with Crippen molar-refractivity contribution in [2.75, 3.05) is 14.1 Å². The Morgan fingerprint density at radius 3 is 2.89 bits per heavy atom. The number of fused-ring (bicyclic) bond motifs is 2. The summed E-state index contributed by atoms with van der Waals surface area (Å²) in [5.74, 6) is 0.619. The summed E-state index contributed by atoms with van der Waals surface area (Å²) in [5, 5.41) is 11.3. The van der Waals surface area contributed by atoms with Gasteiger partial charge in [0.25, 0.3) is 0 Å². The number of para-hydroxylation sites is 1. The van der Waals surface area contributed by atoms with Crippen LogP contribution in [0.25, 0.3) is 44.8 Å². The molecule has 6 rings (SSSR count). The minimum Gasteiger partial charge on any atom is -0.337 e. The second kappa shape index (κ2) is 8.73. The van der Waals surface area contributed by atoms with Crippen molar-refractivity contribution in [3.05, 3.63) is 72.3 Å². The molecule has 0 aliphatic carbocycles. The maximum Gasteiger partial charge on any atom is 0.321 e. The number of amides is 2. The van der Waals surface area contributed by atoms with Crippen molar-refractivity contribution in [3.63, 3.8) is 0 Å². The third kappa shape index (κ3) is 3.88. The molecule has 1 unspecified atom stereocenters. The van der Waals surface area contributed by atoms with Gasteiger partial charge in [0.2, 0.25) is 0 Å². The highest BCUT2D eigenvalue weighted by molar-refractivity contribution is 5.96. The largest absolute Gasteiger partial charge is 0.337 e. The van der Waals surface area contributed by atoms with Gasteiger partial charge in [-0.3, -0.25) is 15.1 Å². The number of imidazole rings is 1. The van der Waals surface area contributed by atoms with E-state index in [1.165, 1.54) is 4.90 Å². The van der Waals surface area contributed by atoms with E-state index in [0.29, 0.717) is 23.6 Å². The van der Waals surface area contributed by atoms with Crippen LogP contribution in [-0.4, -0.2) is 61.4 Å². The Morgan fingerprint density at radius 2 is 2.06 bits per heavy atom. The fourth-order valence-corrected chi connectivity index (χ4v) is 4.29. The molecule has 0 saturated heterocycles. The van der Waals surface area contributed by atoms with Crippen molar-refractivity contribution in [2.24, 2.45) is 4.99 Å². The summed E-state index contributed by atoms with van der Waals surface area (Å²) in [6.07, 6.45) is 7.75. The Labute approximate surface area is 206 Å². The summed E-state index contributed by atoms with van der Waals surface area (Å²) in [6, 6.07) is 13.7. The minimum absolute atomic E-state index is 0.0291. The maximum absolute atomic E-state index is 12.1. The zero-order chi connectivity index (χ0) is 24.6. The molecular formula is C26H23N9O. The number of nitrogens with zero attached hydrogens (tertiary/aromatic N) is 6. The lowest BCUT2D eigenvalue weighted by molar-refractivity contribution is 0.220. The van der Waals surface area contributed by atoms with E-state index in [2.05, 4.69) is 41.5 Å². The SMILES string of the molecule is CN(C)C(=O)NC1=CN=CC(c2cnc3[nH]nc(-c4nc5c(-c6ccccn6)cccc5[nH]4)c3c2)C1. The van der Waals surface area contributed by atoms with Crippen LogP contribution in [0.5, 0.6) is 0 Å². The van der Waals surface area contributed by atoms with Gasteiger partial charge in [0, 0.05) is 62.5 Å². The molecule has 1 aliphatic rings. The number of aliphatic imine (C=N–C) groups is 1. The number of carbonyl (C=O) groups excluding carboxylic acids is 1. The molecule has 1 atom stereocenters. The van der Waals surface area contributed by atoms with E-state index in [-0.39, 0.29) is 11.9 Å². The Balaban J connectivity index is 1.35. The lowest BCUT2D eigenvalue weighted by atomic mass is 9.94. The second-order valence-electron chi connectivity index (χ2n) is 8.83. The van der Waals surface area contributed by atoms with Gasteiger partial charge in [-0.15, -0.1) is 0 Å². The van der Waals surface area contributed by atoms with Crippen molar-refractivity contribution < 1.29 is 4.79 Å². The van der Waals surface area contributed by atoms with Gasteiger partial charge in [-0.2, -0.15) is 5.10 Å². The molecular weight excluding hydrogens is 454 g/mol. The number of aromatic amines is 2. The Kier molecular flexibility index (Phi) is 5.25. The van der Waals surface area contributed by atoms with Gasteiger partial charge in [0.05, 0.1) is 22.1 Å². The summed E-state index contributed by atoms with van der Waals surface area (Å²) in [7, 11) is 3.41. The van der Waals surface area contributed by atoms with E-state index in [1.54, 1.807) is 26.5 Å². The standard InChI is InChI=1S/C26H23N9O/c1-35(2)26(36)30-17-10-15(12-27-14-17)16-11-19-23(33-34-24(19)29-13-16)25-31-21-8-5-6-18(22(21)32-25)20-7-3-4-9-28-20/h3-9,11-15H,10H2,1-2H3,(H,30,36)(H,31,32)(H,29,33,34). The normalized spacial score (nSPS) is 15.3. The van der Waals surface area contributed by atoms with Crippen LogP contribution in [0.2, 0.25) is 0 Å². The van der Waals surface area contributed by atoms with Crippen LogP contribution < -0.4 is 5.32 Å². The molecule has 0 radical (unpaired) electrons. The molecule has 36 heavy (non-hydrogen) atoms. The number of hydrogen-bond donors (Lipinski definition) is 3.